The van der Waals surface area contributed by atoms with Crippen LogP contribution in [0.15, 0.2) is 18.6 Å². The number of nitrogens with two attached hydrogens (primary N) is 1. The van der Waals surface area contributed by atoms with Gasteiger partial charge in [-0.25, -0.2) is 28.0 Å². The second-order valence-corrected chi connectivity index (χ2v) is 10.5. The van der Waals surface area contributed by atoms with Gasteiger partial charge in [0, 0.05) is 19.0 Å². The van der Waals surface area contributed by atoms with Crippen LogP contribution in [-0.2, 0) is 41.9 Å². The molecule has 0 bridgehead atoms. The van der Waals surface area contributed by atoms with E-state index in [4.69, 9.17) is 33.5 Å². The Bertz CT molecular complexity index is 1320. The Balaban J connectivity index is 1.83. The molecule has 0 spiro atoms. The van der Waals surface area contributed by atoms with Crippen LogP contribution in [-0.4, -0.2) is 74.4 Å². The summed E-state index contributed by atoms with van der Waals surface area (Å²) in [6.45, 7) is 1.65. The molecule has 1 saturated heterocycles. The van der Waals surface area contributed by atoms with E-state index in [-0.39, 0.29) is 24.3 Å². The minimum absolute atomic E-state index is 0.0424. The number of alkyl halides is 1. The summed E-state index contributed by atoms with van der Waals surface area (Å²) in [5, 5.41) is 22.6. The SMILES string of the molecule is CC#C[C@]1(O)[C@H](n2ccc3c(N)ncnc32)O[C@](F)(COP(=O)(OCOC(=O)CCC)OCOC(=O)CCC)[C@H]1O. The minimum atomic E-state index is -4.82. The Kier molecular flexibility index (Phi) is 10.8. The molecular weight excluding hydrogens is 570 g/mol. The summed E-state index contributed by atoms with van der Waals surface area (Å²) in [6, 6.07) is 1.49. The van der Waals surface area contributed by atoms with Crippen LogP contribution in [0.3, 0.4) is 0 Å². The molecule has 3 heterocycles. The fourth-order valence-corrected chi connectivity index (χ4v) is 4.76. The highest BCUT2D eigenvalue weighted by Crippen LogP contribution is 2.53. The van der Waals surface area contributed by atoms with E-state index < -0.39 is 63.7 Å². The van der Waals surface area contributed by atoms with Crippen molar-refractivity contribution in [2.75, 3.05) is 25.9 Å². The van der Waals surface area contributed by atoms with E-state index in [0.29, 0.717) is 18.2 Å². The van der Waals surface area contributed by atoms with Crippen molar-refractivity contribution in [3.63, 3.8) is 0 Å². The van der Waals surface area contributed by atoms with E-state index in [1.165, 1.54) is 23.8 Å². The molecule has 0 unspecified atom stereocenters. The number of phosphoric ester groups is 1. The largest absolute Gasteiger partial charge is 0.480 e. The predicted octanol–water partition coefficient (Wildman–Crippen LogP) is 2.08. The molecule has 1 aliphatic rings. The van der Waals surface area contributed by atoms with Crippen molar-refractivity contribution in [3.8, 4) is 11.8 Å². The average molecular weight is 603 g/mol. The smallest absolute Gasteiger partial charge is 0.438 e. The lowest BCUT2D eigenvalue weighted by molar-refractivity contribution is -0.206. The Morgan fingerprint density at radius 2 is 1.78 bits per heavy atom. The molecule has 0 radical (unpaired) electrons. The zero-order valence-electron chi connectivity index (χ0n) is 22.6. The summed E-state index contributed by atoms with van der Waals surface area (Å²) in [5.41, 5.74) is 3.44. The van der Waals surface area contributed by atoms with Crippen molar-refractivity contribution in [2.45, 2.75) is 70.2 Å². The van der Waals surface area contributed by atoms with E-state index in [9.17, 15) is 24.4 Å². The van der Waals surface area contributed by atoms with E-state index in [0.717, 1.165) is 6.33 Å². The standard InChI is InChI=1S/C24H32FN4O11P/c1-4-7-17(30)35-14-38-41(34,39-15-36-18(31)8-5-2)37-12-24(25)21(32)23(33,10-6-3)22(40-24)29-11-9-16-19(26)27-13-28-20(16)29/h9,11,13,21-22,32-33H,4-5,7-8,12,14-15H2,1-3H3,(H2,26,27,28)/t21-,22+,23+,24+/m0/s1. The molecule has 226 valence electrons. The summed E-state index contributed by atoms with van der Waals surface area (Å²) in [6.07, 6.45) is -0.552. The highest BCUT2D eigenvalue weighted by Gasteiger charge is 2.65. The topological polar surface area (TPSA) is 204 Å². The number of nitrogens with zero attached hydrogens (tertiary/aromatic N) is 3. The lowest BCUT2D eigenvalue weighted by atomic mass is 9.93. The van der Waals surface area contributed by atoms with Gasteiger partial charge in [-0.1, -0.05) is 19.8 Å². The van der Waals surface area contributed by atoms with Crippen molar-refractivity contribution in [1.29, 1.82) is 0 Å². The Morgan fingerprint density at radius 3 is 2.34 bits per heavy atom. The molecule has 3 rings (SSSR count). The van der Waals surface area contributed by atoms with Gasteiger partial charge >= 0.3 is 19.8 Å². The first-order valence-electron chi connectivity index (χ1n) is 12.6. The maximum absolute atomic E-state index is 16.2. The first-order chi connectivity index (χ1) is 19.4. The molecule has 1 aliphatic heterocycles. The number of fused-ring (bicyclic) bond motifs is 1. The van der Waals surface area contributed by atoms with E-state index in [1.54, 1.807) is 13.8 Å². The zero-order chi connectivity index (χ0) is 30.3. The fraction of sp³-hybridized carbons (Fsp3) is 0.583. The summed E-state index contributed by atoms with van der Waals surface area (Å²) in [7, 11) is -4.82. The molecule has 0 aromatic carbocycles. The van der Waals surface area contributed by atoms with Crippen molar-refractivity contribution in [1.82, 2.24) is 14.5 Å². The number of carbonyl (C=O) groups is 2. The molecule has 17 heteroatoms. The van der Waals surface area contributed by atoms with Gasteiger partial charge in [0.2, 0.25) is 19.2 Å². The number of ether oxygens (including phenoxy) is 3. The van der Waals surface area contributed by atoms with E-state index >= 15 is 4.39 Å². The number of esters is 2. The maximum Gasteiger partial charge on any atom is 0.480 e. The van der Waals surface area contributed by atoms with Gasteiger partial charge in [-0.3, -0.25) is 14.1 Å². The summed E-state index contributed by atoms with van der Waals surface area (Å²) in [5.74, 6) is 0.256. The molecule has 15 nitrogen and oxygen atoms in total. The molecular formula is C24H32FN4O11P. The number of aliphatic hydroxyl groups is 2. The van der Waals surface area contributed by atoms with Crippen molar-refractivity contribution >= 4 is 36.6 Å². The highest BCUT2D eigenvalue weighted by atomic mass is 31.2. The van der Waals surface area contributed by atoms with Crippen molar-refractivity contribution in [2.24, 2.45) is 0 Å². The van der Waals surface area contributed by atoms with Crippen LogP contribution >= 0.6 is 7.82 Å². The molecule has 0 amide bonds. The third-order valence-corrected chi connectivity index (χ3v) is 7.10. The van der Waals surface area contributed by atoms with E-state index in [2.05, 4.69) is 21.8 Å². The molecule has 2 aromatic heterocycles. The number of nitrogen functional groups attached to an aromatic ring is 1. The number of halogens is 1. The lowest BCUT2D eigenvalue weighted by Gasteiger charge is -2.27. The molecule has 4 N–H and O–H groups in total. The average Bonchev–Trinajstić information content (AvgIpc) is 3.43. The quantitative estimate of drug-likeness (QED) is 0.123. The number of phosphoric acid groups is 1. The second-order valence-electron chi connectivity index (χ2n) is 8.83. The van der Waals surface area contributed by atoms with Gasteiger partial charge in [0.25, 0.3) is 5.85 Å². The zero-order valence-corrected chi connectivity index (χ0v) is 23.5. The van der Waals surface area contributed by atoms with Gasteiger partial charge in [-0.15, -0.1) is 5.92 Å². The number of hydrogen-bond acceptors (Lipinski definition) is 14. The predicted molar refractivity (Wildman–Crippen MR) is 138 cm³/mol. The van der Waals surface area contributed by atoms with Crippen LogP contribution in [0.4, 0.5) is 10.2 Å². The molecule has 0 aliphatic carbocycles. The minimum Gasteiger partial charge on any atom is -0.438 e. The third-order valence-electron chi connectivity index (χ3n) is 5.82. The van der Waals surface area contributed by atoms with Crippen molar-refractivity contribution < 1.29 is 56.5 Å². The summed E-state index contributed by atoms with van der Waals surface area (Å²) >= 11 is 0. The second kappa shape index (κ2) is 13.7. The number of aliphatic hydroxyl groups excluding tert-OH is 1. The normalized spacial score (nSPS) is 24.1. The molecule has 2 aromatic rings. The number of anilines is 1. The van der Waals surface area contributed by atoms with Crippen LogP contribution in [0.1, 0.15) is 52.7 Å². The van der Waals surface area contributed by atoms with Gasteiger partial charge in [-0.2, -0.15) is 0 Å². The monoisotopic (exact) mass is 602 g/mol. The van der Waals surface area contributed by atoms with Gasteiger partial charge in [0.05, 0.1) is 5.39 Å². The van der Waals surface area contributed by atoms with Crippen molar-refractivity contribution in [3.05, 3.63) is 18.6 Å². The number of hydrogen-bond donors (Lipinski definition) is 3. The number of aromatic nitrogens is 3. The van der Waals surface area contributed by atoms with Crippen LogP contribution in [0.5, 0.6) is 0 Å². The van der Waals surface area contributed by atoms with Crippen LogP contribution in [0, 0.1) is 11.8 Å². The fourth-order valence-electron chi connectivity index (χ4n) is 3.84. The van der Waals surface area contributed by atoms with Gasteiger partial charge < -0.3 is 34.7 Å². The molecule has 0 saturated carbocycles. The van der Waals surface area contributed by atoms with Crippen LogP contribution in [0.25, 0.3) is 11.0 Å². The van der Waals surface area contributed by atoms with Gasteiger partial charge in [0.15, 0.2) is 12.3 Å². The van der Waals surface area contributed by atoms with Crippen LogP contribution < -0.4 is 5.73 Å². The first-order valence-corrected chi connectivity index (χ1v) is 14.0. The molecule has 4 atom stereocenters. The van der Waals surface area contributed by atoms with Crippen LogP contribution in [0.2, 0.25) is 0 Å². The highest BCUT2D eigenvalue weighted by molar-refractivity contribution is 7.48. The first kappa shape index (κ1) is 32.4. The van der Waals surface area contributed by atoms with E-state index in [1.807, 2.05) is 0 Å². The number of rotatable bonds is 14. The summed E-state index contributed by atoms with van der Waals surface area (Å²) in [4.78, 5) is 31.2. The van der Waals surface area contributed by atoms with Gasteiger partial charge in [0.1, 0.15) is 24.4 Å². The van der Waals surface area contributed by atoms with Gasteiger partial charge in [-0.05, 0) is 25.8 Å². The maximum atomic E-state index is 16.2. The molecule has 41 heavy (non-hydrogen) atoms. The summed E-state index contributed by atoms with van der Waals surface area (Å²) < 4.78 is 60.6. The Morgan fingerprint density at radius 1 is 1.17 bits per heavy atom. The lowest BCUT2D eigenvalue weighted by Crippen LogP contribution is -2.50. The Hall–Kier alpha value is -3.16. The Labute approximate surface area is 234 Å². The number of carbonyl (C=O) groups excluding carboxylic acids is 2. The third kappa shape index (κ3) is 7.38. The molecule has 1 fully saturated rings.